The van der Waals surface area contributed by atoms with Gasteiger partial charge in [0.2, 0.25) is 0 Å². The minimum Gasteiger partial charge on any atom is -0.481 e. The molecule has 3 aromatic rings. The number of hydrogen-bond donors (Lipinski definition) is 2. The van der Waals surface area contributed by atoms with Crippen molar-refractivity contribution in [2.24, 2.45) is 0 Å². The Kier molecular flexibility index (Phi) is 4.84. The zero-order valence-corrected chi connectivity index (χ0v) is 15.3. The third kappa shape index (κ3) is 3.55. The molecular weight excluding hydrogens is 346 g/mol. The van der Waals surface area contributed by atoms with Gasteiger partial charge < -0.3 is 10.4 Å². The molecule has 0 spiro atoms. The van der Waals surface area contributed by atoms with E-state index >= 15 is 0 Å². The van der Waals surface area contributed by atoms with Crippen molar-refractivity contribution in [1.29, 1.82) is 0 Å². The zero-order chi connectivity index (χ0) is 17.9. The lowest BCUT2D eigenvalue weighted by Crippen LogP contribution is -2.09. The summed E-state index contributed by atoms with van der Waals surface area (Å²) in [7, 11) is 0. The smallest absolute Gasteiger partial charge is 0.303 e. The monoisotopic (exact) mass is 367 g/mol. The van der Waals surface area contributed by atoms with Crippen molar-refractivity contribution in [1.82, 2.24) is 9.97 Å². The van der Waals surface area contributed by atoms with Crippen LogP contribution < -0.4 is 5.32 Å². The third-order valence-corrected chi connectivity index (χ3v) is 5.86. The van der Waals surface area contributed by atoms with Crippen LogP contribution in [0.25, 0.3) is 10.2 Å². The van der Waals surface area contributed by atoms with Crippen LogP contribution in [-0.4, -0.2) is 27.6 Å². The molecule has 0 saturated carbocycles. The molecule has 0 aliphatic heterocycles. The van der Waals surface area contributed by atoms with Crippen LogP contribution in [0.5, 0.6) is 0 Å². The lowest BCUT2D eigenvalue weighted by Gasteiger charge is -2.10. The summed E-state index contributed by atoms with van der Waals surface area (Å²) in [6.45, 7) is 0.605. The van der Waals surface area contributed by atoms with E-state index in [1.165, 1.54) is 22.4 Å². The number of carboxylic acids is 1. The lowest BCUT2D eigenvalue weighted by molar-refractivity contribution is -0.137. The van der Waals surface area contributed by atoms with Gasteiger partial charge in [-0.1, -0.05) is 30.3 Å². The minimum absolute atomic E-state index is 0.167. The van der Waals surface area contributed by atoms with E-state index in [1.54, 1.807) is 11.3 Å². The number of hydrogen-bond acceptors (Lipinski definition) is 5. The van der Waals surface area contributed by atoms with E-state index < -0.39 is 5.97 Å². The molecule has 0 radical (unpaired) electrons. The Morgan fingerprint density at radius 1 is 1.19 bits per heavy atom. The van der Waals surface area contributed by atoms with Gasteiger partial charge >= 0.3 is 5.97 Å². The van der Waals surface area contributed by atoms with Crippen LogP contribution in [0, 0.1) is 0 Å². The summed E-state index contributed by atoms with van der Waals surface area (Å²) in [5.41, 5.74) is 2.57. The van der Waals surface area contributed by atoms with Gasteiger partial charge in [0.1, 0.15) is 16.5 Å². The van der Waals surface area contributed by atoms with Crippen molar-refractivity contribution in [3.63, 3.8) is 0 Å². The molecular formula is C20H21N3O2S. The standard InChI is InChI=1S/C20H21N3O2S/c24-17(25)10-5-11-21-19-18-14-8-4-9-15(14)26-20(18)23-16(22-19)12-13-6-2-1-3-7-13/h1-3,6-7H,4-5,8-12H2,(H,24,25)(H,21,22,23). The van der Waals surface area contributed by atoms with Crippen LogP contribution in [0.2, 0.25) is 0 Å². The molecule has 2 N–H and O–H groups in total. The maximum absolute atomic E-state index is 10.7. The van der Waals surface area contributed by atoms with Gasteiger partial charge in [0.25, 0.3) is 0 Å². The third-order valence-electron chi connectivity index (χ3n) is 4.68. The minimum atomic E-state index is -0.763. The number of rotatable bonds is 7. The molecule has 1 aromatic carbocycles. The number of nitrogens with one attached hydrogen (secondary N) is 1. The van der Waals surface area contributed by atoms with E-state index in [2.05, 4.69) is 17.4 Å². The molecule has 2 heterocycles. The Hall–Kier alpha value is -2.47. The first-order valence-corrected chi connectivity index (χ1v) is 9.83. The highest BCUT2D eigenvalue weighted by Crippen LogP contribution is 2.39. The predicted molar refractivity (Wildman–Crippen MR) is 104 cm³/mol. The number of nitrogens with zero attached hydrogens (tertiary/aromatic N) is 2. The summed E-state index contributed by atoms with van der Waals surface area (Å²) in [6, 6.07) is 10.2. The van der Waals surface area contributed by atoms with Crippen LogP contribution >= 0.6 is 11.3 Å². The molecule has 0 amide bonds. The highest BCUT2D eigenvalue weighted by Gasteiger charge is 2.22. The van der Waals surface area contributed by atoms with Crippen molar-refractivity contribution >= 4 is 33.3 Å². The van der Waals surface area contributed by atoms with Gasteiger partial charge in [-0.3, -0.25) is 4.79 Å². The van der Waals surface area contributed by atoms with Gasteiger partial charge in [-0.05, 0) is 36.8 Å². The Bertz CT molecular complexity index is 937. The number of aryl methyl sites for hydroxylation is 2. The average Bonchev–Trinajstić information content (AvgIpc) is 3.20. The summed E-state index contributed by atoms with van der Waals surface area (Å²) in [5, 5.41) is 13.4. The maximum Gasteiger partial charge on any atom is 0.303 e. The van der Waals surface area contributed by atoms with Crippen molar-refractivity contribution in [3.8, 4) is 0 Å². The summed E-state index contributed by atoms with van der Waals surface area (Å²) in [4.78, 5) is 22.8. The van der Waals surface area contributed by atoms with Crippen LogP contribution in [0.4, 0.5) is 5.82 Å². The largest absolute Gasteiger partial charge is 0.481 e. The number of aromatic nitrogens is 2. The predicted octanol–water partition coefficient (Wildman–Crippen LogP) is 4.05. The van der Waals surface area contributed by atoms with Crippen LogP contribution in [-0.2, 0) is 24.1 Å². The van der Waals surface area contributed by atoms with Gasteiger partial charge in [-0.25, -0.2) is 9.97 Å². The molecule has 1 aliphatic carbocycles. The highest BCUT2D eigenvalue weighted by molar-refractivity contribution is 7.19. The van der Waals surface area contributed by atoms with Gasteiger partial charge in [0.15, 0.2) is 0 Å². The van der Waals surface area contributed by atoms with Crippen molar-refractivity contribution in [2.75, 3.05) is 11.9 Å². The van der Waals surface area contributed by atoms with E-state index in [4.69, 9.17) is 15.1 Å². The average molecular weight is 367 g/mol. The van der Waals surface area contributed by atoms with E-state index in [0.717, 1.165) is 34.7 Å². The van der Waals surface area contributed by atoms with Gasteiger partial charge in [0, 0.05) is 24.3 Å². The Morgan fingerprint density at radius 3 is 2.85 bits per heavy atom. The number of aliphatic carboxylic acids is 1. The Balaban J connectivity index is 1.65. The summed E-state index contributed by atoms with van der Waals surface area (Å²) in [5.74, 6) is 0.913. The van der Waals surface area contributed by atoms with E-state index in [1.807, 2.05) is 18.2 Å². The fourth-order valence-corrected chi connectivity index (χ4v) is 4.75. The maximum atomic E-state index is 10.7. The fourth-order valence-electron chi connectivity index (χ4n) is 3.47. The van der Waals surface area contributed by atoms with Gasteiger partial charge in [-0.15, -0.1) is 11.3 Å². The number of fused-ring (bicyclic) bond motifs is 3. The van der Waals surface area contributed by atoms with Crippen LogP contribution in [0.15, 0.2) is 30.3 Å². The van der Waals surface area contributed by atoms with Crippen LogP contribution in [0.1, 0.15) is 41.1 Å². The Labute approximate surface area is 156 Å². The number of carboxylic acid groups (broad SMARTS) is 1. The summed E-state index contributed by atoms with van der Waals surface area (Å²) >= 11 is 1.78. The number of anilines is 1. The first-order valence-electron chi connectivity index (χ1n) is 9.01. The second-order valence-corrected chi connectivity index (χ2v) is 7.70. The molecule has 134 valence electrons. The molecule has 0 unspecified atom stereocenters. The molecule has 4 rings (SSSR count). The number of carbonyl (C=O) groups is 1. The van der Waals surface area contributed by atoms with E-state index in [-0.39, 0.29) is 6.42 Å². The van der Waals surface area contributed by atoms with Gasteiger partial charge in [0.05, 0.1) is 5.39 Å². The number of benzene rings is 1. The topological polar surface area (TPSA) is 75.1 Å². The molecule has 0 fully saturated rings. The molecule has 1 aliphatic rings. The molecule has 5 nitrogen and oxygen atoms in total. The highest BCUT2D eigenvalue weighted by atomic mass is 32.1. The Morgan fingerprint density at radius 2 is 2.04 bits per heavy atom. The van der Waals surface area contributed by atoms with E-state index in [9.17, 15) is 4.79 Å². The fraction of sp³-hybridized carbons (Fsp3) is 0.350. The normalized spacial score (nSPS) is 13.1. The van der Waals surface area contributed by atoms with E-state index in [0.29, 0.717) is 19.4 Å². The number of thiophene rings is 1. The molecule has 0 saturated heterocycles. The quantitative estimate of drug-likeness (QED) is 0.616. The van der Waals surface area contributed by atoms with Crippen molar-refractivity contribution < 1.29 is 9.90 Å². The molecule has 6 heteroatoms. The van der Waals surface area contributed by atoms with Gasteiger partial charge in [-0.2, -0.15) is 0 Å². The summed E-state index contributed by atoms with van der Waals surface area (Å²) < 4.78 is 0. The molecule has 0 bridgehead atoms. The first kappa shape index (κ1) is 17.0. The zero-order valence-electron chi connectivity index (χ0n) is 14.5. The first-order chi connectivity index (χ1) is 12.7. The van der Waals surface area contributed by atoms with Crippen LogP contribution in [0.3, 0.4) is 0 Å². The lowest BCUT2D eigenvalue weighted by atomic mass is 10.1. The molecule has 2 aromatic heterocycles. The molecule has 0 atom stereocenters. The SMILES string of the molecule is O=C(O)CCCNc1nc(Cc2ccccc2)nc2sc3c(c12)CCC3. The second-order valence-electron chi connectivity index (χ2n) is 6.61. The van der Waals surface area contributed by atoms with Crippen molar-refractivity contribution in [3.05, 3.63) is 52.2 Å². The second kappa shape index (κ2) is 7.41. The molecule has 26 heavy (non-hydrogen) atoms. The van der Waals surface area contributed by atoms with Crippen molar-refractivity contribution in [2.45, 2.75) is 38.5 Å². The summed E-state index contributed by atoms with van der Waals surface area (Å²) in [6.07, 6.45) is 4.86.